The number of rotatable bonds is 2. The second-order valence-corrected chi connectivity index (χ2v) is 5.87. The summed E-state index contributed by atoms with van der Waals surface area (Å²) in [5.41, 5.74) is 0.498. The third kappa shape index (κ3) is 2.83. The Labute approximate surface area is 89.8 Å². The van der Waals surface area contributed by atoms with Crippen LogP contribution in [0.5, 0.6) is 0 Å². The average molecular weight is 282 g/mol. The average Bonchev–Trinajstić information content (AvgIpc) is 2.03. The maximum atomic E-state index is 10.9. The zero-order chi connectivity index (χ0) is 10.1. The molecule has 0 fully saturated rings. The number of halogens is 2. The topological polar surface area (TPSA) is 34.1 Å². The van der Waals surface area contributed by atoms with Gasteiger partial charge in [0.1, 0.15) is 0 Å². The van der Waals surface area contributed by atoms with Crippen molar-refractivity contribution in [1.29, 1.82) is 0 Å². The van der Waals surface area contributed by atoms with E-state index in [1.54, 1.807) is 24.3 Å². The predicted octanol–water partition coefficient (Wildman–Crippen LogP) is 2.99. The first kappa shape index (κ1) is 10.8. The Morgan fingerprint density at radius 1 is 1.31 bits per heavy atom. The zero-order valence-corrected chi connectivity index (χ0v) is 9.66. The third-order valence-corrected chi connectivity index (χ3v) is 3.37. The molecule has 0 saturated carbocycles. The van der Waals surface area contributed by atoms with E-state index in [1.165, 1.54) is 0 Å². The smallest absolute Gasteiger partial charge is 0.207 e. The van der Waals surface area contributed by atoms with Gasteiger partial charge in [-0.1, -0.05) is 34.6 Å². The quantitative estimate of drug-likeness (QED) is 0.781. The van der Waals surface area contributed by atoms with E-state index in [0.29, 0.717) is 5.56 Å². The van der Waals surface area contributed by atoms with Crippen LogP contribution in [-0.2, 0) is 9.05 Å². The summed E-state index contributed by atoms with van der Waals surface area (Å²) in [6.07, 6.45) is 0. The van der Waals surface area contributed by atoms with Crippen molar-refractivity contribution in [3.05, 3.63) is 40.9 Å². The highest BCUT2D eigenvalue weighted by molar-refractivity contribution is 9.10. The summed E-state index contributed by atoms with van der Waals surface area (Å²) in [6, 6.07) is 6.71. The number of hydrogen-bond acceptors (Lipinski definition) is 2. The van der Waals surface area contributed by atoms with Crippen molar-refractivity contribution in [3.8, 4) is 0 Å². The molecule has 0 radical (unpaired) electrons. The molecule has 0 heterocycles. The summed E-state index contributed by atoms with van der Waals surface area (Å²) < 4.78 is 22.6. The largest absolute Gasteiger partial charge is 0.261 e. The predicted molar refractivity (Wildman–Crippen MR) is 57.9 cm³/mol. The van der Waals surface area contributed by atoms with Crippen LogP contribution < -0.4 is 0 Å². The molecule has 0 bridgehead atoms. The second-order valence-electron chi connectivity index (χ2n) is 2.37. The van der Waals surface area contributed by atoms with Crippen LogP contribution in [0.25, 0.3) is 4.91 Å². The van der Waals surface area contributed by atoms with Crippen LogP contribution in [0.15, 0.2) is 35.3 Å². The van der Waals surface area contributed by atoms with E-state index in [-0.39, 0.29) is 4.91 Å². The van der Waals surface area contributed by atoms with Gasteiger partial charge in [0.2, 0.25) is 0 Å². The summed E-state index contributed by atoms with van der Waals surface area (Å²) in [4.78, 5) is -0.0818. The van der Waals surface area contributed by atoms with E-state index in [9.17, 15) is 8.42 Å². The van der Waals surface area contributed by atoms with E-state index < -0.39 is 9.05 Å². The highest BCUT2D eigenvalue weighted by Crippen LogP contribution is 2.23. The van der Waals surface area contributed by atoms with Crippen molar-refractivity contribution in [1.82, 2.24) is 0 Å². The molecule has 0 unspecified atom stereocenters. The molecular formula is C8H6BrClO2S. The Balaban J connectivity index is 3.12. The van der Waals surface area contributed by atoms with Crippen molar-refractivity contribution in [2.75, 3.05) is 0 Å². The van der Waals surface area contributed by atoms with Gasteiger partial charge in [-0.15, -0.1) is 0 Å². The first-order valence-electron chi connectivity index (χ1n) is 3.31. The van der Waals surface area contributed by atoms with Crippen LogP contribution in [0.1, 0.15) is 5.56 Å². The highest BCUT2D eigenvalue weighted by Gasteiger charge is 2.12. The Morgan fingerprint density at radius 2 is 1.77 bits per heavy atom. The van der Waals surface area contributed by atoms with E-state index in [0.717, 1.165) is 4.47 Å². The molecule has 0 aliphatic rings. The maximum Gasteiger partial charge on any atom is 0.261 e. The standard InChI is InChI=1S/C8H6BrClO2S/c1-6(13(10,11)12)7-2-4-8(9)5-3-7/h2-5H,1H2. The van der Waals surface area contributed by atoms with Gasteiger partial charge in [-0.3, -0.25) is 0 Å². The first-order chi connectivity index (χ1) is 5.91. The SMILES string of the molecule is C=C(c1ccc(Br)cc1)S(=O)(=O)Cl. The van der Waals surface area contributed by atoms with E-state index >= 15 is 0 Å². The first-order valence-corrected chi connectivity index (χ1v) is 6.41. The molecule has 0 aromatic heterocycles. The molecule has 1 aromatic carbocycles. The van der Waals surface area contributed by atoms with E-state index in [4.69, 9.17) is 10.7 Å². The molecule has 5 heteroatoms. The Bertz CT molecular complexity index is 422. The van der Waals surface area contributed by atoms with E-state index in [2.05, 4.69) is 22.5 Å². The van der Waals surface area contributed by atoms with Crippen molar-refractivity contribution in [2.45, 2.75) is 0 Å². The second kappa shape index (κ2) is 3.82. The molecule has 0 amide bonds. The van der Waals surface area contributed by atoms with Crippen molar-refractivity contribution < 1.29 is 8.42 Å². The zero-order valence-electron chi connectivity index (χ0n) is 6.50. The van der Waals surface area contributed by atoms with Crippen LogP contribution in [0.4, 0.5) is 0 Å². The normalized spacial score (nSPS) is 11.2. The van der Waals surface area contributed by atoms with Gasteiger partial charge in [0, 0.05) is 15.2 Å². The van der Waals surface area contributed by atoms with Gasteiger partial charge in [-0.2, -0.15) is 0 Å². The fourth-order valence-electron chi connectivity index (χ4n) is 0.777. The molecule has 2 nitrogen and oxygen atoms in total. The van der Waals surface area contributed by atoms with Gasteiger partial charge in [0.25, 0.3) is 9.05 Å². The molecule has 0 saturated heterocycles. The molecule has 70 valence electrons. The lowest BCUT2D eigenvalue weighted by atomic mass is 10.2. The summed E-state index contributed by atoms with van der Waals surface area (Å²) >= 11 is 3.23. The Hall–Kier alpha value is -0.320. The minimum atomic E-state index is -3.71. The Kier molecular flexibility index (Phi) is 3.16. The molecule has 0 N–H and O–H groups in total. The molecule has 1 aromatic rings. The van der Waals surface area contributed by atoms with Gasteiger partial charge >= 0.3 is 0 Å². The summed E-state index contributed by atoms with van der Waals surface area (Å²) in [5.74, 6) is 0. The van der Waals surface area contributed by atoms with Crippen LogP contribution in [0, 0.1) is 0 Å². The molecule has 0 spiro atoms. The van der Waals surface area contributed by atoms with Crippen molar-refractivity contribution in [3.63, 3.8) is 0 Å². The number of hydrogen-bond donors (Lipinski definition) is 0. The monoisotopic (exact) mass is 280 g/mol. The van der Waals surface area contributed by atoms with Gasteiger partial charge in [0.15, 0.2) is 0 Å². The fraction of sp³-hybridized carbons (Fsp3) is 0. The molecular weight excluding hydrogens is 276 g/mol. The number of benzene rings is 1. The van der Waals surface area contributed by atoms with Gasteiger partial charge in [0.05, 0.1) is 4.91 Å². The minimum Gasteiger partial charge on any atom is -0.207 e. The van der Waals surface area contributed by atoms with Crippen LogP contribution in [0.3, 0.4) is 0 Å². The highest BCUT2D eigenvalue weighted by atomic mass is 79.9. The third-order valence-electron chi connectivity index (χ3n) is 1.46. The van der Waals surface area contributed by atoms with E-state index in [1.807, 2.05) is 0 Å². The van der Waals surface area contributed by atoms with Crippen molar-refractivity contribution >= 4 is 40.6 Å². The molecule has 1 rings (SSSR count). The lowest BCUT2D eigenvalue weighted by Crippen LogP contribution is -1.92. The van der Waals surface area contributed by atoms with Crippen LogP contribution in [-0.4, -0.2) is 8.42 Å². The van der Waals surface area contributed by atoms with Gasteiger partial charge in [-0.25, -0.2) is 8.42 Å². The summed E-state index contributed by atoms with van der Waals surface area (Å²) in [5, 5.41) is 0. The minimum absolute atomic E-state index is 0.0818. The Morgan fingerprint density at radius 3 is 2.15 bits per heavy atom. The van der Waals surface area contributed by atoms with Crippen molar-refractivity contribution in [2.24, 2.45) is 0 Å². The summed E-state index contributed by atoms with van der Waals surface area (Å²) in [6.45, 7) is 3.39. The maximum absolute atomic E-state index is 10.9. The van der Waals surface area contributed by atoms with Crippen LogP contribution >= 0.6 is 26.6 Å². The van der Waals surface area contributed by atoms with Gasteiger partial charge < -0.3 is 0 Å². The summed E-state index contributed by atoms with van der Waals surface area (Å²) in [7, 11) is 1.41. The molecule has 0 aliphatic heterocycles. The lowest BCUT2D eigenvalue weighted by molar-refractivity contribution is 0.618. The lowest BCUT2D eigenvalue weighted by Gasteiger charge is -2.00. The van der Waals surface area contributed by atoms with Gasteiger partial charge in [-0.05, 0) is 17.7 Å². The molecule has 0 atom stereocenters. The molecule has 0 aliphatic carbocycles. The molecule has 13 heavy (non-hydrogen) atoms. The fourth-order valence-corrected chi connectivity index (χ4v) is 1.73. The van der Waals surface area contributed by atoms with Crippen LogP contribution in [0.2, 0.25) is 0 Å².